The third-order valence-electron chi connectivity index (χ3n) is 4.18. The summed E-state index contributed by atoms with van der Waals surface area (Å²) < 4.78 is 10.3. The summed E-state index contributed by atoms with van der Waals surface area (Å²) in [6, 6.07) is 0. The molecule has 0 radical (unpaired) electrons. The fraction of sp³-hybridized carbons (Fsp3) is 0.889. The van der Waals surface area contributed by atoms with Crippen molar-refractivity contribution in [2.45, 2.75) is 45.4 Å². The molecule has 0 unspecified atom stereocenters. The molecule has 1 saturated carbocycles. The van der Waals surface area contributed by atoms with Crippen LogP contribution in [0.1, 0.15) is 45.4 Å². The first-order valence-corrected chi connectivity index (χ1v) is 9.61. The SMILES string of the molecule is CCNC(=NCCCOCCOC)NCCNC(=O)CC1CCCC1. The van der Waals surface area contributed by atoms with Crippen molar-refractivity contribution in [1.82, 2.24) is 16.0 Å². The standard InChI is InChI=1S/C18H36N4O3/c1-3-19-18(21-9-6-12-25-14-13-24-2)22-11-10-20-17(23)15-16-7-4-5-8-16/h16H,3-15H2,1-2H3,(H,20,23)(H2,19,21,22). The van der Waals surface area contributed by atoms with E-state index in [9.17, 15) is 4.79 Å². The van der Waals surface area contributed by atoms with Crippen LogP contribution in [0, 0.1) is 5.92 Å². The van der Waals surface area contributed by atoms with Crippen molar-refractivity contribution < 1.29 is 14.3 Å². The van der Waals surface area contributed by atoms with Crippen LogP contribution in [-0.4, -0.2) is 65.0 Å². The van der Waals surface area contributed by atoms with E-state index in [1.807, 2.05) is 6.92 Å². The number of methoxy groups -OCH3 is 1. The molecule has 0 bridgehead atoms. The van der Waals surface area contributed by atoms with Gasteiger partial charge in [0.15, 0.2) is 5.96 Å². The number of amides is 1. The van der Waals surface area contributed by atoms with Crippen molar-refractivity contribution in [3.63, 3.8) is 0 Å². The van der Waals surface area contributed by atoms with Gasteiger partial charge in [0, 0.05) is 46.3 Å². The van der Waals surface area contributed by atoms with Gasteiger partial charge in [0.05, 0.1) is 13.2 Å². The number of rotatable bonds is 13. The summed E-state index contributed by atoms with van der Waals surface area (Å²) in [5.41, 5.74) is 0. The number of guanidine groups is 1. The molecular weight excluding hydrogens is 320 g/mol. The van der Waals surface area contributed by atoms with Crippen LogP contribution in [0.2, 0.25) is 0 Å². The Hall–Kier alpha value is -1.34. The number of carbonyl (C=O) groups excluding carboxylic acids is 1. The minimum absolute atomic E-state index is 0.170. The molecule has 0 heterocycles. The molecule has 0 aromatic rings. The number of aliphatic imine (C=N–C) groups is 1. The largest absolute Gasteiger partial charge is 0.382 e. The van der Waals surface area contributed by atoms with Crippen LogP contribution in [0.4, 0.5) is 0 Å². The second kappa shape index (κ2) is 15.0. The first-order valence-electron chi connectivity index (χ1n) is 9.61. The van der Waals surface area contributed by atoms with E-state index in [-0.39, 0.29) is 5.91 Å². The minimum Gasteiger partial charge on any atom is -0.382 e. The van der Waals surface area contributed by atoms with Crippen molar-refractivity contribution in [1.29, 1.82) is 0 Å². The lowest BCUT2D eigenvalue weighted by molar-refractivity contribution is -0.121. The van der Waals surface area contributed by atoms with Crippen molar-refractivity contribution >= 4 is 11.9 Å². The molecule has 1 aliphatic rings. The topological polar surface area (TPSA) is 84.0 Å². The first-order chi connectivity index (χ1) is 12.3. The summed E-state index contributed by atoms with van der Waals surface area (Å²) in [6.07, 6.45) is 6.52. The summed E-state index contributed by atoms with van der Waals surface area (Å²) in [5, 5.41) is 9.44. The van der Waals surface area contributed by atoms with Gasteiger partial charge in [0.2, 0.25) is 5.91 Å². The van der Waals surface area contributed by atoms with E-state index in [0.717, 1.165) is 18.9 Å². The number of nitrogens with one attached hydrogen (secondary N) is 3. The van der Waals surface area contributed by atoms with E-state index in [1.165, 1.54) is 25.7 Å². The van der Waals surface area contributed by atoms with Crippen molar-refractivity contribution in [3.05, 3.63) is 0 Å². The Balaban J connectivity index is 2.08. The number of carbonyl (C=O) groups is 1. The van der Waals surface area contributed by atoms with Crippen LogP contribution < -0.4 is 16.0 Å². The third-order valence-corrected chi connectivity index (χ3v) is 4.18. The molecule has 1 amide bonds. The Morgan fingerprint density at radius 1 is 1.08 bits per heavy atom. The molecule has 1 fully saturated rings. The summed E-state index contributed by atoms with van der Waals surface area (Å²) in [6.45, 7) is 6.78. The molecule has 0 aliphatic heterocycles. The predicted octanol–water partition coefficient (Wildman–Crippen LogP) is 1.29. The predicted molar refractivity (Wildman–Crippen MR) is 101 cm³/mol. The average molecular weight is 357 g/mol. The average Bonchev–Trinajstić information content (AvgIpc) is 3.10. The van der Waals surface area contributed by atoms with Gasteiger partial charge >= 0.3 is 0 Å². The Labute approximate surface area is 152 Å². The highest BCUT2D eigenvalue weighted by Gasteiger charge is 2.17. The highest BCUT2D eigenvalue weighted by molar-refractivity contribution is 5.80. The number of nitrogens with zero attached hydrogens (tertiary/aromatic N) is 1. The highest BCUT2D eigenvalue weighted by Crippen LogP contribution is 2.27. The van der Waals surface area contributed by atoms with Gasteiger partial charge in [-0.3, -0.25) is 9.79 Å². The van der Waals surface area contributed by atoms with Gasteiger partial charge < -0.3 is 25.4 Å². The van der Waals surface area contributed by atoms with Gasteiger partial charge in [0.1, 0.15) is 0 Å². The molecule has 0 aromatic carbocycles. The van der Waals surface area contributed by atoms with Crippen LogP contribution in [0.15, 0.2) is 4.99 Å². The molecule has 0 saturated heterocycles. The molecule has 146 valence electrons. The lowest BCUT2D eigenvalue weighted by Gasteiger charge is -2.13. The maximum absolute atomic E-state index is 11.9. The van der Waals surface area contributed by atoms with Gasteiger partial charge in [0.25, 0.3) is 0 Å². The van der Waals surface area contributed by atoms with Crippen LogP contribution in [0.25, 0.3) is 0 Å². The van der Waals surface area contributed by atoms with E-state index < -0.39 is 0 Å². The van der Waals surface area contributed by atoms with Gasteiger partial charge in [-0.05, 0) is 32.1 Å². The molecule has 0 spiro atoms. The quantitative estimate of drug-likeness (QED) is 0.263. The van der Waals surface area contributed by atoms with Crippen LogP contribution in [0.5, 0.6) is 0 Å². The fourth-order valence-corrected chi connectivity index (χ4v) is 2.88. The third kappa shape index (κ3) is 11.8. The summed E-state index contributed by atoms with van der Waals surface area (Å²) in [7, 11) is 1.67. The second-order valence-electron chi connectivity index (χ2n) is 6.35. The first kappa shape index (κ1) is 21.7. The van der Waals surface area contributed by atoms with Gasteiger partial charge in [-0.1, -0.05) is 12.8 Å². The summed E-state index contributed by atoms with van der Waals surface area (Å²) in [5.74, 6) is 1.55. The van der Waals surface area contributed by atoms with Crippen LogP contribution >= 0.6 is 0 Å². The maximum atomic E-state index is 11.9. The van der Waals surface area contributed by atoms with E-state index in [0.29, 0.717) is 51.8 Å². The number of ether oxygens (including phenoxy) is 2. The molecule has 0 aromatic heterocycles. The van der Waals surface area contributed by atoms with E-state index >= 15 is 0 Å². The molecule has 3 N–H and O–H groups in total. The number of hydrogen-bond acceptors (Lipinski definition) is 4. The lowest BCUT2D eigenvalue weighted by Crippen LogP contribution is -2.41. The Bertz CT molecular complexity index is 371. The summed E-state index contributed by atoms with van der Waals surface area (Å²) in [4.78, 5) is 16.4. The van der Waals surface area contributed by atoms with Gasteiger partial charge in [-0.15, -0.1) is 0 Å². The molecular formula is C18H36N4O3. The zero-order chi connectivity index (χ0) is 18.2. The van der Waals surface area contributed by atoms with Crippen molar-refractivity contribution in [2.24, 2.45) is 10.9 Å². The van der Waals surface area contributed by atoms with E-state index in [4.69, 9.17) is 9.47 Å². The Morgan fingerprint density at radius 3 is 2.56 bits per heavy atom. The van der Waals surface area contributed by atoms with Crippen LogP contribution in [-0.2, 0) is 14.3 Å². The van der Waals surface area contributed by atoms with Crippen LogP contribution in [0.3, 0.4) is 0 Å². The second-order valence-corrected chi connectivity index (χ2v) is 6.35. The maximum Gasteiger partial charge on any atom is 0.220 e. The molecule has 7 heteroatoms. The Morgan fingerprint density at radius 2 is 1.84 bits per heavy atom. The number of hydrogen-bond donors (Lipinski definition) is 3. The molecule has 1 aliphatic carbocycles. The van der Waals surface area contributed by atoms with E-state index in [1.54, 1.807) is 7.11 Å². The van der Waals surface area contributed by atoms with Gasteiger partial charge in [-0.25, -0.2) is 0 Å². The zero-order valence-electron chi connectivity index (χ0n) is 15.9. The van der Waals surface area contributed by atoms with Crippen molar-refractivity contribution in [3.8, 4) is 0 Å². The minimum atomic E-state index is 0.170. The van der Waals surface area contributed by atoms with Crippen molar-refractivity contribution in [2.75, 3.05) is 53.1 Å². The van der Waals surface area contributed by atoms with Gasteiger partial charge in [-0.2, -0.15) is 0 Å². The smallest absolute Gasteiger partial charge is 0.220 e. The molecule has 25 heavy (non-hydrogen) atoms. The van der Waals surface area contributed by atoms with E-state index in [2.05, 4.69) is 20.9 Å². The fourth-order valence-electron chi connectivity index (χ4n) is 2.88. The monoisotopic (exact) mass is 356 g/mol. The zero-order valence-corrected chi connectivity index (χ0v) is 15.9. The molecule has 0 atom stereocenters. The highest BCUT2D eigenvalue weighted by atomic mass is 16.5. The summed E-state index contributed by atoms with van der Waals surface area (Å²) >= 11 is 0. The normalized spacial score (nSPS) is 15.4. The molecule has 1 rings (SSSR count). The lowest BCUT2D eigenvalue weighted by atomic mass is 10.0. The molecule has 7 nitrogen and oxygen atoms in total. The Kier molecular flexibility index (Phi) is 13.0.